The second kappa shape index (κ2) is 5.63. The third-order valence-electron chi connectivity index (χ3n) is 4.07. The quantitative estimate of drug-likeness (QED) is 0.754. The number of likely N-dealkylation sites (tertiary alicyclic amines) is 2. The van der Waals surface area contributed by atoms with Crippen molar-refractivity contribution in [2.75, 3.05) is 33.4 Å². The van der Waals surface area contributed by atoms with Crippen LogP contribution in [0.5, 0.6) is 0 Å². The fourth-order valence-corrected chi connectivity index (χ4v) is 3.73. The molecule has 5 nitrogen and oxygen atoms in total. The summed E-state index contributed by atoms with van der Waals surface area (Å²) in [5.41, 5.74) is 1.26. The van der Waals surface area contributed by atoms with Crippen LogP contribution in [-0.2, 0) is 20.9 Å². The van der Waals surface area contributed by atoms with Gasteiger partial charge in [0, 0.05) is 26.7 Å². The summed E-state index contributed by atoms with van der Waals surface area (Å²) < 4.78 is 4.96. The molecule has 2 amide bonds. The third-order valence-corrected chi connectivity index (χ3v) is 4.80. The number of hydrogen-bond donors (Lipinski definition) is 0. The van der Waals surface area contributed by atoms with Crippen LogP contribution in [0.15, 0.2) is 16.8 Å². The highest BCUT2D eigenvalue weighted by atomic mass is 32.1. The van der Waals surface area contributed by atoms with Crippen molar-refractivity contribution in [3.05, 3.63) is 22.4 Å². The topological polar surface area (TPSA) is 49.9 Å². The van der Waals surface area contributed by atoms with Crippen LogP contribution in [0.2, 0.25) is 0 Å². The van der Waals surface area contributed by atoms with Crippen molar-refractivity contribution in [1.29, 1.82) is 0 Å². The van der Waals surface area contributed by atoms with Gasteiger partial charge in [0.25, 0.3) is 0 Å². The molecular formula is C14H18N2O3S. The molecule has 0 saturated carbocycles. The monoisotopic (exact) mass is 294 g/mol. The van der Waals surface area contributed by atoms with E-state index >= 15 is 0 Å². The Morgan fingerprint density at radius 2 is 2.00 bits per heavy atom. The molecule has 0 N–H and O–H groups in total. The van der Waals surface area contributed by atoms with Crippen molar-refractivity contribution in [3.8, 4) is 0 Å². The van der Waals surface area contributed by atoms with E-state index in [9.17, 15) is 9.59 Å². The Morgan fingerprint density at radius 3 is 2.55 bits per heavy atom. The summed E-state index contributed by atoms with van der Waals surface area (Å²) in [4.78, 5) is 28.1. The second-order valence-electron chi connectivity index (χ2n) is 5.36. The molecular weight excluding hydrogens is 276 g/mol. The molecule has 0 unspecified atom stereocenters. The normalized spacial score (nSPS) is 26.6. The lowest BCUT2D eigenvalue weighted by molar-refractivity contribution is -0.141. The smallest absolute Gasteiger partial charge is 0.234 e. The van der Waals surface area contributed by atoms with E-state index in [2.05, 4.69) is 21.7 Å². The zero-order valence-corrected chi connectivity index (χ0v) is 12.3. The average molecular weight is 294 g/mol. The minimum absolute atomic E-state index is 0.0233. The number of hydrogen-bond acceptors (Lipinski definition) is 5. The number of methoxy groups -OCH3 is 1. The summed E-state index contributed by atoms with van der Waals surface area (Å²) in [6.45, 7) is 3.00. The van der Waals surface area contributed by atoms with Crippen molar-refractivity contribution in [1.82, 2.24) is 9.80 Å². The van der Waals surface area contributed by atoms with Crippen LogP contribution < -0.4 is 0 Å². The molecule has 0 radical (unpaired) electrons. The lowest BCUT2D eigenvalue weighted by Crippen LogP contribution is -2.37. The molecule has 3 heterocycles. The highest BCUT2D eigenvalue weighted by molar-refractivity contribution is 7.07. The highest BCUT2D eigenvalue weighted by Crippen LogP contribution is 2.34. The molecule has 2 fully saturated rings. The number of rotatable bonds is 5. The standard InChI is InChI=1S/C14H18N2O3S/c1-19-4-3-16-13(17)11-7-15(8-12(11)14(16)18)6-10-2-5-20-9-10/h2,5,9,11-12H,3-4,6-8H2,1H3/t11-,12+. The summed E-state index contributed by atoms with van der Waals surface area (Å²) in [5.74, 6) is -0.356. The van der Waals surface area contributed by atoms with Crippen LogP contribution in [0.25, 0.3) is 0 Å². The van der Waals surface area contributed by atoms with Gasteiger partial charge in [0.05, 0.1) is 25.0 Å². The van der Waals surface area contributed by atoms with Crippen LogP contribution in [0.4, 0.5) is 0 Å². The first kappa shape index (κ1) is 13.7. The second-order valence-corrected chi connectivity index (χ2v) is 6.14. The maximum Gasteiger partial charge on any atom is 0.234 e. The Bertz CT molecular complexity index is 479. The summed E-state index contributed by atoms with van der Waals surface area (Å²) in [6.07, 6.45) is 0. The Labute approximate surface area is 122 Å². The molecule has 2 atom stereocenters. The zero-order valence-electron chi connectivity index (χ0n) is 11.4. The number of imide groups is 1. The molecule has 2 aliphatic heterocycles. The van der Waals surface area contributed by atoms with E-state index in [-0.39, 0.29) is 23.7 Å². The van der Waals surface area contributed by atoms with Crippen LogP contribution >= 0.6 is 11.3 Å². The Morgan fingerprint density at radius 1 is 1.30 bits per heavy atom. The first-order valence-electron chi connectivity index (χ1n) is 6.78. The van der Waals surface area contributed by atoms with Gasteiger partial charge in [-0.3, -0.25) is 19.4 Å². The summed E-state index contributed by atoms with van der Waals surface area (Å²) in [5, 5.41) is 4.16. The number of carbonyl (C=O) groups excluding carboxylic acids is 2. The Hall–Kier alpha value is -1.24. The van der Waals surface area contributed by atoms with Gasteiger partial charge in [-0.15, -0.1) is 0 Å². The third kappa shape index (κ3) is 2.39. The van der Waals surface area contributed by atoms with E-state index in [0.717, 1.165) is 6.54 Å². The summed E-state index contributed by atoms with van der Waals surface area (Å²) >= 11 is 1.67. The first-order valence-corrected chi connectivity index (χ1v) is 7.72. The molecule has 108 valence electrons. The van der Waals surface area contributed by atoms with Gasteiger partial charge in [-0.1, -0.05) is 0 Å². The first-order chi connectivity index (χ1) is 9.70. The molecule has 0 aromatic carbocycles. The molecule has 0 aliphatic carbocycles. The SMILES string of the molecule is COCCN1C(=O)[C@H]2CN(Cc3ccsc3)C[C@H]2C1=O. The van der Waals surface area contributed by atoms with E-state index in [1.54, 1.807) is 18.4 Å². The molecule has 1 aromatic rings. The number of carbonyl (C=O) groups is 2. The Balaban J connectivity index is 1.63. The number of ether oxygens (including phenoxy) is 1. The van der Waals surface area contributed by atoms with Gasteiger partial charge in [-0.05, 0) is 22.4 Å². The fourth-order valence-electron chi connectivity index (χ4n) is 3.07. The van der Waals surface area contributed by atoms with Gasteiger partial charge in [-0.25, -0.2) is 0 Å². The van der Waals surface area contributed by atoms with E-state index in [1.807, 2.05) is 0 Å². The number of nitrogens with zero attached hydrogens (tertiary/aromatic N) is 2. The molecule has 6 heteroatoms. The summed E-state index contributed by atoms with van der Waals surface area (Å²) in [6, 6.07) is 2.09. The average Bonchev–Trinajstić information content (AvgIpc) is 3.12. The zero-order chi connectivity index (χ0) is 14.1. The van der Waals surface area contributed by atoms with Gasteiger partial charge in [0.1, 0.15) is 0 Å². The van der Waals surface area contributed by atoms with Gasteiger partial charge in [0.2, 0.25) is 11.8 Å². The Kier molecular flexibility index (Phi) is 3.87. The van der Waals surface area contributed by atoms with Gasteiger partial charge < -0.3 is 4.74 Å². The van der Waals surface area contributed by atoms with Crippen molar-refractivity contribution in [2.45, 2.75) is 6.54 Å². The van der Waals surface area contributed by atoms with E-state index in [4.69, 9.17) is 4.74 Å². The highest BCUT2D eigenvalue weighted by Gasteiger charge is 2.51. The molecule has 0 spiro atoms. The summed E-state index contributed by atoms with van der Waals surface area (Å²) in [7, 11) is 1.58. The molecule has 2 aliphatic rings. The van der Waals surface area contributed by atoms with E-state index < -0.39 is 0 Å². The van der Waals surface area contributed by atoms with Gasteiger partial charge in [-0.2, -0.15) is 11.3 Å². The molecule has 2 saturated heterocycles. The van der Waals surface area contributed by atoms with Crippen molar-refractivity contribution in [3.63, 3.8) is 0 Å². The molecule has 0 bridgehead atoms. The van der Waals surface area contributed by atoms with E-state index in [0.29, 0.717) is 26.2 Å². The lowest BCUT2D eigenvalue weighted by atomic mass is 10.00. The van der Waals surface area contributed by atoms with E-state index in [1.165, 1.54) is 10.5 Å². The van der Waals surface area contributed by atoms with Crippen LogP contribution in [0.1, 0.15) is 5.56 Å². The van der Waals surface area contributed by atoms with Gasteiger partial charge in [0.15, 0.2) is 0 Å². The van der Waals surface area contributed by atoms with Crippen LogP contribution in [0.3, 0.4) is 0 Å². The van der Waals surface area contributed by atoms with Crippen LogP contribution in [-0.4, -0.2) is 55.0 Å². The van der Waals surface area contributed by atoms with Crippen molar-refractivity contribution < 1.29 is 14.3 Å². The van der Waals surface area contributed by atoms with Crippen molar-refractivity contribution >= 4 is 23.2 Å². The molecule has 1 aromatic heterocycles. The predicted molar refractivity (Wildman–Crippen MR) is 75.2 cm³/mol. The number of amides is 2. The molecule has 3 rings (SSSR count). The maximum absolute atomic E-state index is 12.3. The number of fused-ring (bicyclic) bond motifs is 1. The number of thiophene rings is 1. The lowest BCUT2D eigenvalue weighted by Gasteiger charge is -2.19. The maximum atomic E-state index is 12.3. The predicted octanol–water partition coefficient (Wildman–Crippen LogP) is 0.811. The minimum atomic E-state index is -0.155. The van der Waals surface area contributed by atoms with Crippen molar-refractivity contribution in [2.24, 2.45) is 11.8 Å². The van der Waals surface area contributed by atoms with Gasteiger partial charge >= 0.3 is 0 Å². The van der Waals surface area contributed by atoms with Crippen LogP contribution in [0, 0.1) is 11.8 Å². The largest absolute Gasteiger partial charge is 0.383 e. The fraction of sp³-hybridized carbons (Fsp3) is 0.571. The molecule has 20 heavy (non-hydrogen) atoms. The minimum Gasteiger partial charge on any atom is -0.383 e.